The van der Waals surface area contributed by atoms with Gasteiger partial charge in [-0.25, -0.2) is 0 Å². The second-order valence-electron chi connectivity index (χ2n) is 5.78. The monoisotopic (exact) mass is 302 g/mol. The molecule has 0 aromatic carbocycles. The van der Waals surface area contributed by atoms with Crippen molar-refractivity contribution >= 4 is 5.91 Å². The molecule has 0 spiro atoms. The Morgan fingerprint density at radius 1 is 1.50 bits per heavy atom. The van der Waals surface area contributed by atoms with Crippen molar-refractivity contribution in [3.05, 3.63) is 42.7 Å². The zero-order valence-corrected chi connectivity index (χ0v) is 12.7. The molecular formula is C17H22N2O3. The molecule has 0 radical (unpaired) electrons. The van der Waals surface area contributed by atoms with Gasteiger partial charge in [-0.1, -0.05) is 12.1 Å². The maximum absolute atomic E-state index is 12.7. The highest BCUT2D eigenvalue weighted by Crippen LogP contribution is 2.35. The molecule has 1 aromatic rings. The van der Waals surface area contributed by atoms with Crippen molar-refractivity contribution in [3.8, 4) is 0 Å². The van der Waals surface area contributed by atoms with Crippen molar-refractivity contribution in [1.82, 2.24) is 9.88 Å². The van der Waals surface area contributed by atoms with E-state index in [1.165, 1.54) is 0 Å². The number of nitrogens with zero attached hydrogens (tertiary/aromatic N) is 2. The second-order valence-corrected chi connectivity index (χ2v) is 5.78. The van der Waals surface area contributed by atoms with Crippen molar-refractivity contribution in [3.63, 3.8) is 0 Å². The number of pyridine rings is 1. The average Bonchev–Trinajstić information content (AvgIpc) is 2.98. The average molecular weight is 302 g/mol. The first-order valence-electron chi connectivity index (χ1n) is 7.83. The maximum atomic E-state index is 12.7. The maximum Gasteiger partial charge on any atom is 0.272 e. The van der Waals surface area contributed by atoms with E-state index in [9.17, 15) is 4.79 Å². The lowest BCUT2D eigenvalue weighted by Gasteiger charge is -2.39. The lowest BCUT2D eigenvalue weighted by molar-refractivity contribution is -0.0739. The Labute approximate surface area is 130 Å². The molecule has 0 unspecified atom stereocenters. The fourth-order valence-electron chi connectivity index (χ4n) is 3.43. The molecule has 2 heterocycles. The van der Waals surface area contributed by atoms with E-state index in [4.69, 9.17) is 9.47 Å². The smallest absolute Gasteiger partial charge is 0.272 e. The lowest BCUT2D eigenvalue weighted by Crippen LogP contribution is -2.53. The molecule has 2 fully saturated rings. The highest BCUT2D eigenvalue weighted by molar-refractivity contribution is 5.92. The minimum absolute atomic E-state index is 0.00607. The number of carbonyl (C=O) groups is 1. The van der Waals surface area contributed by atoms with Crippen LogP contribution in [0.25, 0.3) is 0 Å². The standard InChI is InChI=1S/C17H22N2O3/c1-2-10-21-12-13-6-7-15-16(13)22-11-9-19(15)17(20)14-5-3-4-8-18-14/h2-5,8,13,15-16H,1,6-7,9-12H2/t13-,15-,16-/m0/s1. The zero-order valence-electron chi connectivity index (χ0n) is 12.7. The van der Waals surface area contributed by atoms with E-state index in [0.29, 0.717) is 38.0 Å². The van der Waals surface area contributed by atoms with Crippen molar-refractivity contribution in [2.24, 2.45) is 5.92 Å². The molecule has 1 saturated heterocycles. The number of amides is 1. The molecule has 5 nitrogen and oxygen atoms in total. The van der Waals surface area contributed by atoms with Gasteiger partial charge in [0.1, 0.15) is 5.69 Å². The number of carbonyl (C=O) groups excluding carboxylic acids is 1. The number of aromatic nitrogens is 1. The molecule has 22 heavy (non-hydrogen) atoms. The van der Waals surface area contributed by atoms with E-state index >= 15 is 0 Å². The first-order valence-corrected chi connectivity index (χ1v) is 7.83. The molecule has 1 aliphatic heterocycles. The topological polar surface area (TPSA) is 51.7 Å². The van der Waals surface area contributed by atoms with Gasteiger partial charge in [0.05, 0.1) is 32.0 Å². The van der Waals surface area contributed by atoms with Gasteiger partial charge in [-0.2, -0.15) is 0 Å². The van der Waals surface area contributed by atoms with Crippen LogP contribution in [0.15, 0.2) is 37.1 Å². The van der Waals surface area contributed by atoms with Crippen LogP contribution >= 0.6 is 0 Å². The summed E-state index contributed by atoms with van der Waals surface area (Å²) in [6.45, 7) is 6.10. The van der Waals surface area contributed by atoms with Crippen LogP contribution in [0.1, 0.15) is 23.3 Å². The summed E-state index contributed by atoms with van der Waals surface area (Å²) in [5, 5.41) is 0. The normalized spacial score (nSPS) is 27.5. The Hall–Kier alpha value is -1.72. The highest BCUT2D eigenvalue weighted by atomic mass is 16.5. The van der Waals surface area contributed by atoms with E-state index < -0.39 is 0 Å². The third kappa shape index (κ3) is 3.05. The number of rotatable bonds is 5. The van der Waals surface area contributed by atoms with Gasteiger partial charge in [0.25, 0.3) is 5.91 Å². The molecule has 0 bridgehead atoms. The third-order valence-corrected chi connectivity index (χ3v) is 4.43. The summed E-state index contributed by atoms with van der Waals surface area (Å²) < 4.78 is 11.5. The highest BCUT2D eigenvalue weighted by Gasteiger charge is 2.44. The van der Waals surface area contributed by atoms with E-state index in [0.717, 1.165) is 12.8 Å². The summed E-state index contributed by atoms with van der Waals surface area (Å²) in [7, 11) is 0. The van der Waals surface area contributed by atoms with Crippen LogP contribution in [0.3, 0.4) is 0 Å². The third-order valence-electron chi connectivity index (χ3n) is 4.43. The van der Waals surface area contributed by atoms with Crippen molar-refractivity contribution in [2.45, 2.75) is 25.0 Å². The molecule has 1 saturated carbocycles. The number of morpholine rings is 1. The minimum atomic E-state index is 0.00607. The van der Waals surface area contributed by atoms with Crippen LogP contribution in [-0.2, 0) is 9.47 Å². The molecule has 1 amide bonds. The fraction of sp³-hybridized carbons (Fsp3) is 0.529. The molecule has 1 aliphatic carbocycles. The Kier molecular flexibility index (Phi) is 4.85. The molecule has 2 aliphatic rings. The Bertz CT molecular complexity index is 520. The van der Waals surface area contributed by atoms with Gasteiger partial charge in [-0.05, 0) is 25.0 Å². The van der Waals surface area contributed by atoms with Gasteiger partial charge >= 0.3 is 0 Å². The van der Waals surface area contributed by atoms with Crippen LogP contribution in [0.4, 0.5) is 0 Å². The Morgan fingerprint density at radius 2 is 2.41 bits per heavy atom. The van der Waals surface area contributed by atoms with Gasteiger partial charge in [-0.3, -0.25) is 9.78 Å². The summed E-state index contributed by atoms with van der Waals surface area (Å²) in [5.74, 6) is 0.357. The quantitative estimate of drug-likeness (QED) is 0.616. The van der Waals surface area contributed by atoms with Crippen molar-refractivity contribution in [1.29, 1.82) is 0 Å². The van der Waals surface area contributed by atoms with Crippen LogP contribution in [0.2, 0.25) is 0 Å². The summed E-state index contributed by atoms with van der Waals surface area (Å²) in [6.07, 6.45) is 5.48. The van der Waals surface area contributed by atoms with E-state index in [2.05, 4.69) is 11.6 Å². The van der Waals surface area contributed by atoms with E-state index in [-0.39, 0.29) is 18.1 Å². The fourth-order valence-corrected chi connectivity index (χ4v) is 3.43. The second kappa shape index (κ2) is 7.03. The Morgan fingerprint density at radius 3 is 3.18 bits per heavy atom. The number of hydrogen-bond acceptors (Lipinski definition) is 4. The van der Waals surface area contributed by atoms with Gasteiger partial charge in [0.15, 0.2) is 0 Å². The van der Waals surface area contributed by atoms with Crippen molar-refractivity contribution < 1.29 is 14.3 Å². The van der Waals surface area contributed by atoms with E-state index in [1.807, 2.05) is 17.0 Å². The SMILES string of the molecule is C=CCOC[C@@H]1CC[C@H]2[C@H]1OCCN2C(=O)c1ccccn1. The molecule has 3 atom stereocenters. The summed E-state index contributed by atoms with van der Waals surface area (Å²) >= 11 is 0. The van der Waals surface area contributed by atoms with Gasteiger partial charge in [-0.15, -0.1) is 6.58 Å². The summed E-state index contributed by atoms with van der Waals surface area (Å²) in [4.78, 5) is 18.8. The number of hydrogen-bond donors (Lipinski definition) is 0. The van der Waals surface area contributed by atoms with Crippen molar-refractivity contribution in [2.75, 3.05) is 26.4 Å². The molecule has 5 heteroatoms. The minimum Gasteiger partial charge on any atom is -0.377 e. The first kappa shape index (κ1) is 15.2. The molecule has 118 valence electrons. The van der Waals surface area contributed by atoms with Gasteiger partial charge in [0.2, 0.25) is 0 Å². The molecule has 3 rings (SSSR count). The largest absolute Gasteiger partial charge is 0.377 e. The predicted octanol–water partition coefficient (Wildman–Crippen LogP) is 1.90. The zero-order chi connectivity index (χ0) is 15.4. The predicted molar refractivity (Wildman–Crippen MR) is 82.5 cm³/mol. The summed E-state index contributed by atoms with van der Waals surface area (Å²) in [5.41, 5.74) is 0.509. The van der Waals surface area contributed by atoms with E-state index in [1.54, 1.807) is 18.3 Å². The molecule has 1 aromatic heterocycles. The van der Waals surface area contributed by atoms with Gasteiger partial charge < -0.3 is 14.4 Å². The van der Waals surface area contributed by atoms with Crippen LogP contribution < -0.4 is 0 Å². The van der Waals surface area contributed by atoms with Crippen LogP contribution in [0.5, 0.6) is 0 Å². The Balaban J connectivity index is 1.67. The summed E-state index contributed by atoms with van der Waals surface area (Å²) in [6, 6.07) is 5.58. The number of fused-ring (bicyclic) bond motifs is 1. The lowest BCUT2D eigenvalue weighted by atomic mass is 10.0. The van der Waals surface area contributed by atoms with Gasteiger partial charge in [0, 0.05) is 18.7 Å². The van der Waals surface area contributed by atoms with Crippen LogP contribution in [0, 0.1) is 5.92 Å². The first-order chi connectivity index (χ1) is 10.8. The number of ether oxygens (including phenoxy) is 2. The van der Waals surface area contributed by atoms with Crippen LogP contribution in [-0.4, -0.2) is 54.3 Å². The molecular weight excluding hydrogens is 280 g/mol. The molecule has 0 N–H and O–H groups in total.